The van der Waals surface area contributed by atoms with Crippen molar-refractivity contribution in [3.05, 3.63) is 35.0 Å². The zero-order valence-electron chi connectivity index (χ0n) is 9.42. The quantitative estimate of drug-likeness (QED) is 0.937. The van der Waals surface area contributed by atoms with Crippen LogP contribution in [0, 0.1) is 0 Å². The van der Waals surface area contributed by atoms with Crippen molar-refractivity contribution in [2.75, 3.05) is 11.6 Å². The second-order valence-electron chi connectivity index (χ2n) is 3.67. The first kappa shape index (κ1) is 13.3. The van der Waals surface area contributed by atoms with E-state index in [4.69, 9.17) is 11.6 Å². The van der Waals surface area contributed by atoms with Gasteiger partial charge in [-0.3, -0.25) is 0 Å². The molecule has 0 saturated carbocycles. The van der Waals surface area contributed by atoms with E-state index in [2.05, 4.69) is 14.1 Å². The molecule has 2 rings (SSSR count). The molecule has 0 spiro atoms. The molecule has 0 unspecified atom stereocenters. The van der Waals surface area contributed by atoms with E-state index in [1.165, 1.54) is 6.26 Å². The standard InChI is InChI=1S/C10H10ClN3O2S2/c1-18(15,16)8-4-2-7(3-5-8)6-12-10-9(11)13-17-14-10/h2-5H,6H2,1H3,(H,12,14). The third kappa shape index (κ3) is 3.18. The highest BCUT2D eigenvalue weighted by molar-refractivity contribution is 7.90. The number of aromatic nitrogens is 2. The molecule has 5 nitrogen and oxygen atoms in total. The molecule has 0 atom stereocenters. The van der Waals surface area contributed by atoms with Gasteiger partial charge in [0.1, 0.15) is 0 Å². The van der Waals surface area contributed by atoms with Crippen molar-refractivity contribution in [1.82, 2.24) is 8.75 Å². The van der Waals surface area contributed by atoms with E-state index in [0.717, 1.165) is 17.3 Å². The van der Waals surface area contributed by atoms with Crippen LogP contribution >= 0.6 is 23.3 Å². The fraction of sp³-hybridized carbons (Fsp3) is 0.200. The van der Waals surface area contributed by atoms with Crippen molar-refractivity contribution in [3.63, 3.8) is 0 Å². The number of hydrogen-bond acceptors (Lipinski definition) is 6. The molecule has 1 aromatic carbocycles. The Hall–Kier alpha value is -1.18. The van der Waals surface area contributed by atoms with Gasteiger partial charge in [0.05, 0.1) is 16.6 Å². The molecule has 0 fully saturated rings. The summed E-state index contributed by atoms with van der Waals surface area (Å²) in [6, 6.07) is 6.65. The Morgan fingerprint density at radius 2 is 1.94 bits per heavy atom. The van der Waals surface area contributed by atoms with Crippen LogP contribution in [0.25, 0.3) is 0 Å². The second-order valence-corrected chi connectivity index (χ2v) is 6.58. The smallest absolute Gasteiger partial charge is 0.186 e. The molecular weight excluding hydrogens is 294 g/mol. The maximum absolute atomic E-state index is 11.3. The number of nitrogens with zero attached hydrogens (tertiary/aromatic N) is 2. The third-order valence-electron chi connectivity index (χ3n) is 2.26. The van der Waals surface area contributed by atoms with Crippen LogP contribution in [0.2, 0.25) is 5.15 Å². The normalized spacial score (nSPS) is 11.4. The summed E-state index contributed by atoms with van der Waals surface area (Å²) in [6.45, 7) is 0.509. The first-order chi connectivity index (χ1) is 8.47. The van der Waals surface area contributed by atoms with Gasteiger partial charge in [-0.1, -0.05) is 23.7 Å². The lowest BCUT2D eigenvalue weighted by Crippen LogP contribution is -2.01. The van der Waals surface area contributed by atoms with Crippen molar-refractivity contribution in [2.24, 2.45) is 0 Å². The van der Waals surface area contributed by atoms with E-state index in [9.17, 15) is 8.42 Å². The maximum Gasteiger partial charge on any atom is 0.186 e. The molecular formula is C10H10ClN3O2S2. The van der Waals surface area contributed by atoms with E-state index >= 15 is 0 Å². The van der Waals surface area contributed by atoms with Gasteiger partial charge in [-0.2, -0.15) is 8.75 Å². The Morgan fingerprint density at radius 3 is 2.44 bits per heavy atom. The molecule has 96 valence electrons. The molecule has 0 aliphatic carbocycles. The van der Waals surface area contributed by atoms with Crippen molar-refractivity contribution in [3.8, 4) is 0 Å². The van der Waals surface area contributed by atoms with Gasteiger partial charge >= 0.3 is 0 Å². The number of benzene rings is 1. The second kappa shape index (κ2) is 5.21. The van der Waals surface area contributed by atoms with Gasteiger partial charge < -0.3 is 5.32 Å². The summed E-state index contributed by atoms with van der Waals surface area (Å²) in [5.74, 6) is 0.536. The Morgan fingerprint density at radius 1 is 1.28 bits per heavy atom. The van der Waals surface area contributed by atoms with Crippen molar-refractivity contribution in [1.29, 1.82) is 0 Å². The highest BCUT2D eigenvalue weighted by Gasteiger charge is 2.07. The molecule has 1 aromatic heterocycles. The fourth-order valence-electron chi connectivity index (χ4n) is 1.32. The lowest BCUT2D eigenvalue weighted by molar-refractivity contribution is 0.602. The number of halogens is 1. The van der Waals surface area contributed by atoms with Crippen molar-refractivity contribution < 1.29 is 8.42 Å². The van der Waals surface area contributed by atoms with E-state index < -0.39 is 9.84 Å². The van der Waals surface area contributed by atoms with Crippen LogP contribution in [0.5, 0.6) is 0 Å². The minimum absolute atomic E-state index is 0.305. The van der Waals surface area contributed by atoms with E-state index in [0.29, 0.717) is 22.4 Å². The monoisotopic (exact) mass is 303 g/mol. The van der Waals surface area contributed by atoms with Crippen LogP contribution in [-0.4, -0.2) is 23.4 Å². The zero-order valence-corrected chi connectivity index (χ0v) is 11.8. The highest BCUT2D eigenvalue weighted by atomic mass is 35.5. The third-order valence-corrected chi connectivity index (χ3v) is 4.28. The maximum atomic E-state index is 11.3. The summed E-state index contributed by atoms with van der Waals surface area (Å²) in [7, 11) is -3.15. The van der Waals surface area contributed by atoms with Crippen LogP contribution in [0.3, 0.4) is 0 Å². The molecule has 2 aromatic rings. The van der Waals surface area contributed by atoms with E-state index in [1.807, 2.05) is 0 Å². The Kier molecular flexibility index (Phi) is 3.84. The fourth-order valence-corrected chi connectivity index (χ4v) is 2.64. The van der Waals surface area contributed by atoms with Crippen LogP contribution in [-0.2, 0) is 16.4 Å². The Balaban J connectivity index is 2.05. The number of anilines is 1. The molecule has 0 bridgehead atoms. The highest BCUT2D eigenvalue weighted by Crippen LogP contribution is 2.19. The SMILES string of the molecule is CS(=O)(=O)c1ccc(CNc2nsnc2Cl)cc1. The minimum atomic E-state index is -3.15. The average molecular weight is 304 g/mol. The summed E-state index contributed by atoms with van der Waals surface area (Å²) in [5.41, 5.74) is 0.937. The summed E-state index contributed by atoms with van der Waals surface area (Å²) >= 11 is 6.82. The summed E-state index contributed by atoms with van der Waals surface area (Å²) < 4.78 is 30.4. The molecule has 1 N–H and O–H groups in total. The van der Waals surface area contributed by atoms with Gasteiger partial charge in [-0.05, 0) is 17.7 Å². The van der Waals surface area contributed by atoms with Gasteiger partial charge in [0.2, 0.25) is 0 Å². The first-order valence-electron chi connectivity index (χ1n) is 4.98. The van der Waals surface area contributed by atoms with Crippen LogP contribution in [0.4, 0.5) is 5.82 Å². The molecule has 0 aliphatic rings. The first-order valence-corrected chi connectivity index (χ1v) is 7.98. The van der Waals surface area contributed by atoms with Crippen molar-refractivity contribution in [2.45, 2.75) is 11.4 Å². The van der Waals surface area contributed by atoms with Gasteiger partial charge in [0, 0.05) is 12.8 Å². The van der Waals surface area contributed by atoms with Gasteiger partial charge in [-0.15, -0.1) is 0 Å². The van der Waals surface area contributed by atoms with Crippen LogP contribution in [0.1, 0.15) is 5.56 Å². The molecule has 8 heteroatoms. The molecule has 0 saturated heterocycles. The van der Waals surface area contributed by atoms with Crippen LogP contribution in [0.15, 0.2) is 29.2 Å². The molecule has 0 amide bonds. The van der Waals surface area contributed by atoms with Gasteiger partial charge in [0.25, 0.3) is 0 Å². The predicted octanol–water partition coefficient (Wildman–Crippen LogP) is 2.21. The number of nitrogens with one attached hydrogen (secondary N) is 1. The summed E-state index contributed by atoms with van der Waals surface area (Å²) in [4.78, 5) is 0.305. The summed E-state index contributed by atoms with van der Waals surface area (Å²) in [6.07, 6.45) is 1.18. The predicted molar refractivity (Wildman–Crippen MR) is 71.8 cm³/mol. The molecule has 1 heterocycles. The largest absolute Gasteiger partial charge is 0.363 e. The topological polar surface area (TPSA) is 72.0 Å². The Labute approximate surface area is 114 Å². The average Bonchev–Trinajstić information content (AvgIpc) is 2.72. The zero-order chi connectivity index (χ0) is 13.2. The van der Waals surface area contributed by atoms with Gasteiger partial charge in [-0.25, -0.2) is 8.42 Å². The van der Waals surface area contributed by atoms with Crippen LogP contribution < -0.4 is 5.32 Å². The molecule has 18 heavy (non-hydrogen) atoms. The van der Waals surface area contributed by atoms with Crippen molar-refractivity contribution >= 4 is 39.0 Å². The number of rotatable bonds is 4. The Bertz CT molecular complexity index is 637. The number of sulfone groups is 1. The molecule has 0 aliphatic heterocycles. The summed E-state index contributed by atoms with van der Waals surface area (Å²) in [5, 5.41) is 3.36. The number of hydrogen-bond donors (Lipinski definition) is 1. The lowest BCUT2D eigenvalue weighted by Gasteiger charge is -2.04. The van der Waals surface area contributed by atoms with E-state index in [1.54, 1.807) is 24.3 Å². The minimum Gasteiger partial charge on any atom is -0.363 e. The van der Waals surface area contributed by atoms with Gasteiger partial charge in [0.15, 0.2) is 20.8 Å². The molecule has 0 radical (unpaired) electrons. The van der Waals surface area contributed by atoms with E-state index in [-0.39, 0.29) is 0 Å². The lowest BCUT2D eigenvalue weighted by atomic mass is 10.2.